The number of hydrogen-bond donors (Lipinski definition) is 0. The number of aromatic nitrogens is 1. The summed E-state index contributed by atoms with van der Waals surface area (Å²) in [5.41, 5.74) is 7.52. The van der Waals surface area contributed by atoms with Gasteiger partial charge in [0.2, 0.25) is 5.95 Å². The molecule has 0 radical (unpaired) electrons. The van der Waals surface area contributed by atoms with E-state index in [1.165, 1.54) is 12.3 Å². The molecule has 1 aromatic rings. The van der Waals surface area contributed by atoms with Crippen LogP contribution in [0.4, 0.5) is 4.39 Å². The molecule has 64 valence electrons. The molecule has 1 aromatic heterocycles. The fourth-order valence-corrected chi connectivity index (χ4v) is 0.405. The molecule has 0 aliphatic heterocycles. The Morgan fingerprint density at radius 1 is 1.67 bits per heavy atom. The van der Waals surface area contributed by atoms with Gasteiger partial charge in [-0.05, 0) is 17.7 Å². The highest BCUT2D eigenvalue weighted by atomic mass is 18.2. The van der Waals surface area contributed by atoms with Crippen LogP contribution in [-0.4, -0.2) is 11.5 Å². The van der Waals surface area contributed by atoms with Crippen LogP contribution in [0.1, 0.15) is 6.92 Å². The summed E-state index contributed by atoms with van der Waals surface area (Å²) >= 11 is 0. The predicted molar refractivity (Wildman–Crippen MR) is 43.9 cm³/mol. The fraction of sp³-hybridized carbons (Fsp3) is 0.286. The van der Waals surface area contributed by atoms with Gasteiger partial charge in [0, 0.05) is 17.7 Å². The Bertz CT molecular complexity index is 243. The number of halogens is 1. The van der Waals surface area contributed by atoms with Gasteiger partial charge >= 0.3 is 0 Å². The van der Waals surface area contributed by atoms with Crippen LogP contribution < -0.4 is 0 Å². The lowest BCUT2D eigenvalue weighted by Crippen LogP contribution is -1.73. The second-order valence-corrected chi connectivity index (χ2v) is 1.70. The van der Waals surface area contributed by atoms with Crippen molar-refractivity contribution in [2.75, 3.05) is 6.54 Å². The zero-order valence-electron chi connectivity index (χ0n) is 6.68. The van der Waals surface area contributed by atoms with Crippen molar-refractivity contribution in [3.63, 3.8) is 0 Å². The van der Waals surface area contributed by atoms with E-state index in [0.717, 1.165) is 0 Å². The predicted octanol–water partition coefficient (Wildman–Crippen LogP) is 2.54. The van der Waals surface area contributed by atoms with Gasteiger partial charge in [-0.25, -0.2) is 4.98 Å². The first-order chi connectivity index (χ1) is 5.81. The number of nitrogens with zero attached hydrogens (tertiary/aromatic N) is 4. The van der Waals surface area contributed by atoms with Crippen LogP contribution in [0.25, 0.3) is 10.4 Å². The van der Waals surface area contributed by atoms with Crippen LogP contribution in [0, 0.1) is 5.95 Å². The molecule has 0 saturated heterocycles. The minimum Gasteiger partial charge on any atom is -0.228 e. The lowest BCUT2D eigenvalue weighted by Gasteiger charge is -1.78. The van der Waals surface area contributed by atoms with Crippen LogP contribution in [0.15, 0.2) is 29.5 Å². The lowest BCUT2D eigenvalue weighted by atomic mass is 10.5. The summed E-state index contributed by atoms with van der Waals surface area (Å²) in [4.78, 5) is 5.79. The molecule has 5 heteroatoms. The molecular weight excluding hydrogens is 158 g/mol. The molecule has 0 bridgehead atoms. The Balaban J connectivity index is 0.000000217. The van der Waals surface area contributed by atoms with E-state index in [-0.39, 0.29) is 0 Å². The highest BCUT2D eigenvalue weighted by Gasteiger charge is 1.78. The summed E-state index contributed by atoms with van der Waals surface area (Å²) in [6.45, 7) is 2.34. The summed E-state index contributed by atoms with van der Waals surface area (Å²) in [5, 5.41) is 3.15. The van der Waals surface area contributed by atoms with Gasteiger partial charge in [0.25, 0.3) is 0 Å². The monoisotopic (exact) mass is 167 g/mol. The van der Waals surface area contributed by atoms with Crippen LogP contribution in [0.3, 0.4) is 0 Å². The molecule has 0 spiro atoms. The van der Waals surface area contributed by atoms with E-state index in [0.29, 0.717) is 6.54 Å². The molecule has 0 N–H and O–H groups in total. The molecule has 12 heavy (non-hydrogen) atoms. The van der Waals surface area contributed by atoms with Gasteiger partial charge in [-0.3, -0.25) is 0 Å². The van der Waals surface area contributed by atoms with Crippen molar-refractivity contribution in [1.82, 2.24) is 4.98 Å². The van der Waals surface area contributed by atoms with E-state index in [9.17, 15) is 4.39 Å². The second kappa shape index (κ2) is 7.50. The minimum atomic E-state index is -0.428. The molecule has 0 amide bonds. The maximum absolute atomic E-state index is 11.8. The Hall–Kier alpha value is -1.61. The van der Waals surface area contributed by atoms with Crippen molar-refractivity contribution in [3.8, 4) is 0 Å². The number of azide groups is 1. The van der Waals surface area contributed by atoms with Crippen LogP contribution in [-0.2, 0) is 0 Å². The molecule has 4 nitrogen and oxygen atoms in total. The molecule has 1 rings (SSSR count). The van der Waals surface area contributed by atoms with Gasteiger partial charge in [0.1, 0.15) is 0 Å². The van der Waals surface area contributed by atoms with Gasteiger partial charge in [-0.1, -0.05) is 18.1 Å². The third-order valence-corrected chi connectivity index (χ3v) is 0.833. The Morgan fingerprint density at radius 3 is 2.58 bits per heavy atom. The van der Waals surface area contributed by atoms with E-state index < -0.39 is 5.95 Å². The summed E-state index contributed by atoms with van der Waals surface area (Å²) in [6, 6.07) is 4.57. The number of pyridine rings is 1. The number of hydrogen-bond acceptors (Lipinski definition) is 2. The zero-order valence-corrected chi connectivity index (χ0v) is 6.68. The maximum atomic E-state index is 11.8. The van der Waals surface area contributed by atoms with E-state index in [1.54, 1.807) is 19.1 Å². The van der Waals surface area contributed by atoms with E-state index in [1.807, 2.05) is 0 Å². The van der Waals surface area contributed by atoms with Crippen molar-refractivity contribution in [2.45, 2.75) is 6.92 Å². The van der Waals surface area contributed by atoms with E-state index in [2.05, 4.69) is 15.0 Å². The molecule has 0 saturated carbocycles. The summed E-state index contributed by atoms with van der Waals surface area (Å²) in [7, 11) is 0. The fourth-order valence-electron chi connectivity index (χ4n) is 0.405. The quantitative estimate of drug-likeness (QED) is 0.274. The molecule has 0 fully saturated rings. The molecule has 0 aliphatic carbocycles. The summed E-state index contributed by atoms with van der Waals surface area (Å²) < 4.78 is 11.8. The van der Waals surface area contributed by atoms with E-state index >= 15 is 0 Å². The van der Waals surface area contributed by atoms with Gasteiger partial charge < -0.3 is 0 Å². The van der Waals surface area contributed by atoms with Gasteiger partial charge in [0.15, 0.2) is 0 Å². The van der Waals surface area contributed by atoms with Gasteiger partial charge in [-0.15, -0.1) is 0 Å². The van der Waals surface area contributed by atoms with Crippen molar-refractivity contribution >= 4 is 0 Å². The Kier molecular flexibility index (Phi) is 6.49. The zero-order chi connectivity index (χ0) is 9.23. The Labute approximate surface area is 69.7 Å². The lowest BCUT2D eigenvalue weighted by molar-refractivity contribution is 0.584. The molecule has 1 heterocycles. The topological polar surface area (TPSA) is 61.7 Å². The van der Waals surface area contributed by atoms with Crippen LogP contribution >= 0.6 is 0 Å². The summed E-state index contributed by atoms with van der Waals surface area (Å²) in [6.07, 6.45) is 1.41. The first-order valence-corrected chi connectivity index (χ1v) is 3.38. The molecule has 0 atom stereocenters. The molecular formula is C7H9FN4. The maximum Gasteiger partial charge on any atom is 0.212 e. The first kappa shape index (κ1) is 10.4. The van der Waals surface area contributed by atoms with Crippen molar-refractivity contribution < 1.29 is 4.39 Å². The third kappa shape index (κ3) is 6.51. The summed E-state index contributed by atoms with van der Waals surface area (Å²) in [5.74, 6) is -0.428. The average molecular weight is 167 g/mol. The molecule has 0 aliphatic rings. The average Bonchev–Trinajstić information content (AvgIpc) is 2.08. The Morgan fingerprint density at radius 2 is 2.42 bits per heavy atom. The van der Waals surface area contributed by atoms with E-state index in [4.69, 9.17) is 5.53 Å². The van der Waals surface area contributed by atoms with Gasteiger partial charge in [0.05, 0.1) is 0 Å². The second-order valence-electron chi connectivity index (χ2n) is 1.70. The molecule has 0 unspecified atom stereocenters. The largest absolute Gasteiger partial charge is 0.228 e. The van der Waals surface area contributed by atoms with Crippen LogP contribution in [0.2, 0.25) is 0 Å². The van der Waals surface area contributed by atoms with Crippen molar-refractivity contribution in [1.29, 1.82) is 0 Å². The van der Waals surface area contributed by atoms with Crippen molar-refractivity contribution in [2.24, 2.45) is 5.11 Å². The first-order valence-electron chi connectivity index (χ1n) is 3.38. The highest BCUT2D eigenvalue weighted by molar-refractivity contribution is 4.90. The van der Waals surface area contributed by atoms with Gasteiger partial charge in [-0.2, -0.15) is 4.39 Å². The number of rotatable bonds is 1. The smallest absolute Gasteiger partial charge is 0.212 e. The molecule has 0 aromatic carbocycles. The SMILES string of the molecule is CCN=[N+]=[N-].[18F]c1ccccn1. The standard InChI is InChI=1S/C5H4FN.C2H5N3/c6-5-3-1-2-4-7-5;1-2-4-5-3/h1-4H;2H2,1H3/i6-1;. The third-order valence-electron chi connectivity index (χ3n) is 0.833. The minimum absolute atomic E-state index is 0.428. The normalized spacial score (nSPS) is 7.50. The van der Waals surface area contributed by atoms with Crippen LogP contribution in [0.5, 0.6) is 0 Å². The highest BCUT2D eigenvalue weighted by Crippen LogP contribution is 1.85. The van der Waals surface area contributed by atoms with Crippen molar-refractivity contribution in [3.05, 3.63) is 40.8 Å².